The number of likely N-dealkylation sites (tertiary alicyclic amines) is 1. The number of carbonyl (C=O) groups excluding carboxylic acids is 1. The van der Waals surface area contributed by atoms with E-state index in [1.165, 1.54) is 18.5 Å². The van der Waals surface area contributed by atoms with Crippen molar-refractivity contribution in [2.75, 3.05) is 13.1 Å². The van der Waals surface area contributed by atoms with Gasteiger partial charge in [-0.2, -0.15) is 0 Å². The molecule has 0 radical (unpaired) electrons. The average Bonchev–Trinajstić information content (AvgIpc) is 2.39. The first-order valence-electron chi connectivity index (χ1n) is 6.80. The zero-order chi connectivity index (χ0) is 13.8. The van der Waals surface area contributed by atoms with Gasteiger partial charge in [0, 0.05) is 43.6 Å². The Morgan fingerprint density at radius 3 is 2.68 bits per heavy atom. The molecule has 1 aliphatic rings. The van der Waals surface area contributed by atoms with E-state index in [4.69, 9.17) is 0 Å². The number of aromatic nitrogens is 1. The summed E-state index contributed by atoms with van der Waals surface area (Å²) in [5.74, 6) is -0.273. The van der Waals surface area contributed by atoms with Crippen LogP contribution in [0.15, 0.2) is 23.3 Å². The predicted molar refractivity (Wildman–Crippen MR) is 74.3 cm³/mol. The molecule has 2 N–H and O–H groups in total. The summed E-state index contributed by atoms with van der Waals surface area (Å²) in [5, 5.41) is 2.95. The number of carbonyl (C=O) groups is 1. The smallest absolute Gasteiger partial charge is 0.256 e. The average molecular weight is 263 g/mol. The SMILES string of the molecule is CC(C)N1CCC(NC(=O)c2c[nH]ccc2=O)CC1. The molecule has 0 bridgehead atoms. The number of nitrogens with one attached hydrogen (secondary N) is 2. The van der Waals surface area contributed by atoms with Gasteiger partial charge in [0.25, 0.3) is 5.91 Å². The van der Waals surface area contributed by atoms with Gasteiger partial charge >= 0.3 is 0 Å². The van der Waals surface area contributed by atoms with Crippen LogP contribution in [0.2, 0.25) is 0 Å². The van der Waals surface area contributed by atoms with Gasteiger partial charge in [0.1, 0.15) is 5.56 Å². The topological polar surface area (TPSA) is 65.2 Å². The van der Waals surface area contributed by atoms with Gasteiger partial charge in [0.2, 0.25) is 0 Å². The molecule has 19 heavy (non-hydrogen) atoms. The Balaban J connectivity index is 1.91. The van der Waals surface area contributed by atoms with E-state index in [2.05, 4.69) is 29.0 Å². The molecule has 0 atom stereocenters. The van der Waals surface area contributed by atoms with Crippen molar-refractivity contribution in [3.05, 3.63) is 34.2 Å². The van der Waals surface area contributed by atoms with Gasteiger partial charge < -0.3 is 15.2 Å². The largest absolute Gasteiger partial charge is 0.367 e. The summed E-state index contributed by atoms with van der Waals surface area (Å²) < 4.78 is 0. The number of hydrogen-bond acceptors (Lipinski definition) is 3. The number of rotatable bonds is 3. The highest BCUT2D eigenvalue weighted by Gasteiger charge is 2.22. The first-order chi connectivity index (χ1) is 9.08. The lowest BCUT2D eigenvalue weighted by atomic mass is 10.0. The third kappa shape index (κ3) is 3.44. The fraction of sp³-hybridized carbons (Fsp3) is 0.571. The van der Waals surface area contributed by atoms with Crippen LogP contribution in [-0.2, 0) is 0 Å². The first kappa shape index (κ1) is 13.8. The molecule has 0 unspecified atom stereocenters. The van der Waals surface area contributed by atoms with E-state index in [9.17, 15) is 9.59 Å². The van der Waals surface area contributed by atoms with E-state index < -0.39 is 0 Å². The number of nitrogens with zero attached hydrogens (tertiary/aromatic N) is 1. The van der Waals surface area contributed by atoms with Crippen LogP contribution in [0.25, 0.3) is 0 Å². The molecule has 1 aromatic rings. The summed E-state index contributed by atoms with van der Waals surface area (Å²) in [6, 6.07) is 2.09. The molecule has 2 heterocycles. The highest BCUT2D eigenvalue weighted by atomic mass is 16.2. The van der Waals surface area contributed by atoms with Crippen LogP contribution in [-0.4, -0.2) is 41.0 Å². The second-order valence-corrected chi connectivity index (χ2v) is 5.30. The molecule has 0 aliphatic carbocycles. The third-order valence-corrected chi connectivity index (χ3v) is 3.66. The maximum absolute atomic E-state index is 12.0. The normalized spacial score (nSPS) is 17.6. The van der Waals surface area contributed by atoms with E-state index in [1.54, 1.807) is 0 Å². The second-order valence-electron chi connectivity index (χ2n) is 5.30. The molecular formula is C14H21N3O2. The molecule has 0 aromatic carbocycles. The molecule has 5 nitrogen and oxygen atoms in total. The van der Waals surface area contributed by atoms with Gasteiger partial charge in [0.15, 0.2) is 5.43 Å². The van der Waals surface area contributed by atoms with Gasteiger partial charge in [-0.25, -0.2) is 0 Å². The molecule has 104 valence electrons. The van der Waals surface area contributed by atoms with Crippen molar-refractivity contribution in [3.8, 4) is 0 Å². The summed E-state index contributed by atoms with van der Waals surface area (Å²) in [6.45, 7) is 6.35. The quantitative estimate of drug-likeness (QED) is 0.854. The molecule has 1 aliphatic heterocycles. The first-order valence-corrected chi connectivity index (χ1v) is 6.80. The molecular weight excluding hydrogens is 242 g/mol. The second kappa shape index (κ2) is 6.02. The lowest BCUT2D eigenvalue weighted by Crippen LogP contribution is -2.47. The molecule has 1 fully saturated rings. The van der Waals surface area contributed by atoms with E-state index in [-0.39, 0.29) is 22.9 Å². The number of hydrogen-bond donors (Lipinski definition) is 2. The maximum Gasteiger partial charge on any atom is 0.256 e. The lowest BCUT2D eigenvalue weighted by Gasteiger charge is -2.34. The van der Waals surface area contributed by atoms with Gasteiger partial charge in [-0.1, -0.05) is 0 Å². The molecule has 1 aromatic heterocycles. The van der Waals surface area contributed by atoms with E-state index in [0.29, 0.717) is 6.04 Å². The summed E-state index contributed by atoms with van der Waals surface area (Å²) in [6.07, 6.45) is 4.87. The number of pyridine rings is 1. The van der Waals surface area contributed by atoms with Crippen LogP contribution in [0.1, 0.15) is 37.0 Å². The fourth-order valence-corrected chi connectivity index (χ4v) is 2.42. The van der Waals surface area contributed by atoms with Crippen LogP contribution >= 0.6 is 0 Å². The molecule has 5 heteroatoms. The van der Waals surface area contributed by atoms with Crippen molar-refractivity contribution < 1.29 is 4.79 Å². The number of piperidine rings is 1. The molecule has 1 saturated heterocycles. The Labute approximate surface area is 113 Å². The Morgan fingerprint density at radius 2 is 2.11 bits per heavy atom. The zero-order valence-electron chi connectivity index (χ0n) is 11.5. The number of amides is 1. The highest BCUT2D eigenvalue weighted by molar-refractivity contribution is 5.93. The summed E-state index contributed by atoms with van der Waals surface area (Å²) >= 11 is 0. The maximum atomic E-state index is 12.0. The number of H-pyrrole nitrogens is 1. The van der Waals surface area contributed by atoms with Crippen molar-refractivity contribution in [2.24, 2.45) is 0 Å². The van der Waals surface area contributed by atoms with Gasteiger partial charge in [0.05, 0.1) is 0 Å². The minimum Gasteiger partial charge on any atom is -0.367 e. The van der Waals surface area contributed by atoms with E-state index in [1.807, 2.05) is 0 Å². The third-order valence-electron chi connectivity index (χ3n) is 3.66. The standard InChI is InChI=1S/C14H21N3O2/c1-10(2)17-7-4-11(5-8-17)16-14(19)12-9-15-6-3-13(12)18/h3,6,9-11H,4-5,7-8H2,1-2H3,(H,15,18)(H,16,19). The van der Waals surface area contributed by atoms with Gasteiger partial charge in [-0.05, 0) is 26.7 Å². The summed E-state index contributed by atoms with van der Waals surface area (Å²) in [7, 11) is 0. The Morgan fingerprint density at radius 1 is 1.42 bits per heavy atom. The van der Waals surface area contributed by atoms with Crippen LogP contribution in [0.3, 0.4) is 0 Å². The zero-order valence-corrected chi connectivity index (χ0v) is 11.5. The van der Waals surface area contributed by atoms with Crippen molar-refractivity contribution in [1.29, 1.82) is 0 Å². The Kier molecular flexibility index (Phi) is 4.37. The van der Waals surface area contributed by atoms with Crippen LogP contribution in [0, 0.1) is 0 Å². The van der Waals surface area contributed by atoms with Gasteiger partial charge in [-0.3, -0.25) is 9.59 Å². The molecule has 0 spiro atoms. The van der Waals surface area contributed by atoms with Crippen LogP contribution in [0.5, 0.6) is 0 Å². The number of aromatic amines is 1. The molecule has 0 saturated carbocycles. The minimum atomic E-state index is -0.273. The predicted octanol–water partition coefficient (Wildman–Crippen LogP) is 0.977. The Bertz CT molecular complexity index is 487. The minimum absolute atomic E-state index is 0.169. The highest BCUT2D eigenvalue weighted by Crippen LogP contribution is 2.13. The van der Waals surface area contributed by atoms with Gasteiger partial charge in [-0.15, -0.1) is 0 Å². The van der Waals surface area contributed by atoms with Crippen molar-refractivity contribution in [2.45, 2.75) is 38.8 Å². The van der Waals surface area contributed by atoms with Crippen LogP contribution in [0.4, 0.5) is 0 Å². The van der Waals surface area contributed by atoms with Crippen molar-refractivity contribution in [3.63, 3.8) is 0 Å². The van der Waals surface area contributed by atoms with Crippen molar-refractivity contribution in [1.82, 2.24) is 15.2 Å². The Hall–Kier alpha value is -1.62. The monoisotopic (exact) mass is 263 g/mol. The molecule has 2 rings (SSSR count). The van der Waals surface area contributed by atoms with E-state index in [0.717, 1.165) is 25.9 Å². The fourth-order valence-electron chi connectivity index (χ4n) is 2.42. The molecule has 1 amide bonds. The summed E-state index contributed by atoms with van der Waals surface area (Å²) in [4.78, 5) is 28.7. The lowest BCUT2D eigenvalue weighted by molar-refractivity contribution is 0.0899. The van der Waals surface area contributed by atoms with E-state index >= 15 is 0 Å². The van der Waals surface area contributed by atoms with Crippen molar-refractivity contribution >= 4 is 5.91 Å². The summed E-state index contributed by atoms with van der Waals surface area (Å²) in [5.41, 5.74) is -0.0512. The van der Waals surface area contributed by atoms with Crippen LogP contribution < -0.4 is 10.7 Å².